The highest BCUT2D eigenvalue weighted by Crippen LogP contribution is 2.47. The van der Waals surface area contributed by atoms with E-state index in [-0.39, 0.29) is 0 Å². The average molecular weight is 246 g/mol. The molecule has 1 aliphatic rings. The molecule has 1 N–H and O–H groups in total. The largest absolute Gasteiger partial charge is 0.351 e. The number of aliphatic hydroxyl groups is 1. The highest BCUT2D eigenvalue weighted by molar-refractivity contribution is 6.59. The minimum absolute atomic E-state index is 0.331. The summed E-state index contributed by atoms with van der Waals surface area (Å²) >= 11 is 12.0. The van der Waals surface area contributed by atoms with Crippen LogP contribution in [0.4, 0.5) is 0 Å². The van der Waals surface area contributed by atoms with Gasteiger partial charge in [0.25, 0.3) is 5.79 Å². The topological polar surface area (TPSA) is 41.8 Å². The molecule has 1 aromatic carbocycles. The van der Waals surface area contributed by atoms with Gasteiger partial charge in [-0.25, -0.2) is 0 Å². The average Bonchev–Trinajstić information content (AvgIpc) is 2.45. The third kappa shape index (κ3) is 1.42. The first kappa shape index (κ1) is 10.7. The summed E-state index contributed by atoms with van der Waals surface area (Å²) in [5, 5.41) is 13.9. The SMILES string of the molecule is CC1=NOC(O)(c2ccccc2)C1(Cl)Cl. The van der Waals surface area contributed by atoms with Crippen LogP contribution >= 0.6 is 23.2 Å². The van der Waals surface area contributed by atoms with Gasteiger partial charge >= 0.3 is 0 Å². The van der Waals surface area contributed by atoms with E-state index in [1.807, 2.05) is 6.07 Å². The molecule has 0 saturated carbocycles. The van der Waals surface area contributed by atoms with Gasteiger partial charge in [-0.2, -0.15) is 0 Å². The number of benzene rings is 1. The number of oxime groups is 1. The van der Waals surface area contributed by atoms with E-state index in [2.05, 4.69) is 5.16 Å². The monoisotopic (exact) mass is 245 g/mol. The molecule has 15 heavy (non-hydrogen) atoms. The summed E-state index contributed by atoms with van der Waals surface area (Å²) in [7, 11) is 0. The molecular formula is C10H9Cl2NO2. The smallest absolute Gasteiger partial charge is 0.299 e. The van der Waals surface area contributed by atoms with Crippen molar-refractivity contribution in [2.45, 2.75) is 17.0 Å². The third-order valence-corrected chi connectivity index (χ3v) is 3.42. The highest BCUT2D eigenvalue weighted by atomic mass is 35.5. The van der Waals surface area contributed by atoms with Gasteiger partial charge in [0.2, 0.25) is 4.33 Å². The summed E-state index contributed by atoms with van der Waals surface area (Å²) < 4.78 is -1.56. The molecule has 0 bridgehead atoms. The van der Waals surface area contributed by atoms with Gasteiger partial charge in [0, 0.05) is 5.56 Å². The van der Waals surface area contributed by atoms with E-state index in [0.29, 0.717) is 11.3 Å². The number of hydrogen-bond acceptors (Lipinski definition) is 3. The first-order chi connectivity index (χ1) is 6.98. The molecular weight excluding hydrogens is 237 g/mol. The van der Waals surface area contributed by atoms with Crippen molar-refractivity contribution in [3.8, 4) is 0 Å². The Morgan fingerprint density at radius 2 is 1.87 bits per heavy atom. The van der Waals surface area contributed by atoms with Crippen LogP contribution < -0.4 is 0 Å². The first-order valence-corrected chi connectivity index (χ1v) is 5.13. The Morgan fingerprint density at radius 1 is 1.27 bits per heavy atom. The van der Waals surface area contributed by atoms with Gasteiger partial charge in [-0.05, 0) is 6.92 Å². The Kier molecular flexibility index (Phi) is 2.41. The van der Waals surface area contributed by atoms with Crippen LogP contribution in [0, 0.1) is 0 Å². The molecule has 0 aromatic heterocycles. The van der Waals surface area contributed by atoms with Crippen molar-refractivity contribution in [3.63, 3.8) is 0 Å². The zero-order chi connectivity index (χ0) is 11.1. The molecule has 0 amide bonds. The van der Waals surface area contributed by atoms with Gasteiger partial charge in [-0.15, -0.1) is 0 Å². The van der Waals surface area contributed by atoms with Gasteiger partial charge in [-0.3, -0.25) is 0 Å². The van der Waals surface area contributed by atoms with Crippen LogP contribution in [0.1, 0.15) is 12.5 Å². The lowest BCUT2D eigenvalue weighted by Gasteiger charge is -2.29. The number of alkyl halides is 2. The normalized spacial score (nSPS) is 28.4. The lowest BCUT2D eigenvalue weighted by molar-refractivity contribution is -0.197. The van der Waals surface area contributed by atoms with Crippen LogP contribution in [-0.2, 0) is 10.6 Å². The molecule has 0 spiro atoms. The van der Waals surface area contributed by atoms with E-state index in [4.69, 9.17) is 28.0 Å². The first-order valence-electron chi connectivity index (χ1n) is 4.37. The molecule has 5 heteroatoms. The molecule has 0 saturated heterocycles. The molecule has 1 aromatic rings. The lowest BCUT2D eigenvalue weighted by atomic mass is 10.0. The number of hydrogen-bond donors (Lipinski definition) is 1. The van der Waals surface area contributed by atoms with E-state index in [9.17, 15) is 5.11 Å². The fourth-order valence-corrected chi connectivity index (χ4v) is 1.75. The molecule has 80 valence electrons. The van der Waals surface area contributed by atoms with Crippen LogP contribution in [0.25, 0.3) is 0 Å². The number of nitrogens with zero attached hydrogens (tertiary/aromatic N) is 1. The predicted octanol–water partition coefficient (Wildman–Crippen LogP) is 2.41. The minimum Gasteiger partial charge on any atom is -0.351 e. The van der Waals surface area contributed by atoms with Gasteiger partial charge in [-0.1, -0.05) is 58.7 Å². The molecule has 1 heterocycles. The maximum atomic E-state index is 10.3. The molecule has 3 nitrogen and oxygen atoms in total. The van der Waals surface area contributed by atoms with Crippen molar-refractivity contribution in [2.24, 2.45) is 5.16 Å². The van der Waals surface area contributed by atoms with Crippen molar-refractivity contribution in [2.75, 3.05) is 0 Å². The summed E-state index contributed by atoms with van der Waals surface area (Å²) in [4.78, 5) is 4.93. The standard InChI is InChI=1S/C10H9Cl2NO2/c1-7-9(11,12)10(14,15-13-7)8-5-3-2-4-6-8/h2-6,14H,1H3. The maximum absolute atomic E-state index is 10.3. The van der Waals surface area contributed by atoms with E-state index in [1.54, 1.807) is 31.2 Å². The van der Waals surface area contributed by atoms with Crippen LogP contribution in [0.3, 0.4) is 0 Å². The van der Waals surface area contributed by atoms with Crippen molar-refractivity contribution in [1.29, 1.82) is 0 Å². The number of halogens is 2. The quantitative estimate of drug-likeness (QED) is 0.773. The van der Waals surface area contributed by atoms with Crippen molar-refractivity contribution < 1.29 is 9.94 Å². The van der Waals surface area contributed by atoms with E-state index < -0.39 is 10.1 Å². The van der Waals surface area contributed by atoms with Crippen LogP contribution in [0.5, 0.6) is 0 Å². The molecule has 0 radical (unpaired) electrons. The molecule has 1 aliphatic heterocycles. The van der Waals surface area contributed by atoms with Crippen LogP contribution in [0.2, 0.25) is 0 Å². The van der Waals surface area contributed by atoms with Crippen molar-refractivity contribution in [1.82, 2.24) is 0 Å². The van der Waals surface area contributed by atoms with Gasteiger partial charge in [0.15, 0.2) is 0 Å². The molecule has 0 aliphatic carbocycles. The van der Waals surface area contributed by atoms with Crippen LogP contribution in [0.15, 0.2) is 35.5 Å². The Labute approximate surface area is 97.2 Å². The predicted molar refractivity (Wildman–Crippen MR) is 59.0 cm³/mol. The molecule has 1 unspecified atom stereocenters. The summed E-state index contributed by atoms with van der Waals surface area (Å²) in [5.41, 5.74) is 0.799. The second-order valence-corrected chi connectivity index (χ2v) is 4.68. The summed E-state index contributed by atoms with van der Waals surface area (Å²) in [6.45, 7) is 1.60. The van der Waals surface area contributed by atoms with Crippen molar-refractivity contribution in [3.05, 3.63) is 35.9 Å². The molecule has 0 fully saturated rings. The van der Waals surface area contributed by atoms with E-state index in [0.717, 1.165) is 0 Å². The minimum atomic E-state index is -1.82. The Bertz CT molecular complexity index is 405. The Morgan fingerprint density at radius 3 is 2.33 bits per heavy atom. The fraction of sp³-hybridized carbons (Fsp3) is 0.300. The Hall–Kier alpha value is -0.770. The zero-order valence-electron chi connectivity index (χ0n) is 7.95. The number of rotatable bonds is 1. The molecule has 2 rings (SSSR count). The van der Waals surface area contributed by atoms with Crippen molar-refractivity contribution >= 4 is 28.9 Å². The second kappa shape index (κ2) is 3.37. The summed E-state index contributed by atoms with van der Waals surface area (Å²) in [6, 6.07) is 8.68. The fourth-order valence-electron chi connectivity index (χ4n) is 1.39. The van der Waals surface area contributed by atoms with Gasteiger partial charge in [0.1, 0.15) is 0 Å². The molecule has 1 atom stereocenters. The summed E-state index contributed by atoms with van der Waals surface area (Å²) in [5.74, 6) is -1.82. The second-order valence-electron chi connectivity index (χ2n) is 3.35. The van der Waals surface area contributed by atoms with Crippen LogP contribution in [-0.4, -0.2) is 15.2 Å². The van der Waals surface area contributed by atoms with E-state index in [1.165, 1.54) is 0 Å². The zero-order valence-corrected chi connectivity index (χ0v) is 9.46. The van der Waals surface area contributed by atoms with Gasteiger partial charge in [0.05, 0.1) is 5.71 Å². The highest BCUT2D eigenvalue weighted by Gasteiger charge is 2.59. The third-order valence-electron chi connectivity index (χ3n) is 2.36. The maximum Gasteiger partial charge on any atom is 0.299 e. The Balaban J connectivity index is 2.47. The lowest BCUT2D eigenvalue weighted by Crippen LogP contribution is -2.44. The van der Waals surface area contributed by atoms with Gasteiger partial charge < -0.3 is 9.94 Å². The van der Waals surface area contributed by atoms with E-state index >= 15 is 0 Å². The summed E-state index contributed by atoms with van der Waals surface area (Å²) in [6.07, 6.45) is 0.